The molecule has 6 nitrogen and oxygen atoms in total. The van der Waals surface area contributed by atoms with Gasteiger partial charge < -0.3 is 26.9 Å². The Morgan fingerprint density at radius 1 is 1.31 bits per heavy atom. The molecule has 0 aliphatic rings. The van der Waals surface area contributed by atoms with Crippen molar-refractivity contribution in [2.75, 3.05) is 6.67 Å². The van der Waals surface area contributed by atoms with E-state index in [4.69, 9.17) is 10.8 Å². The number of hydrogen-bond donors (Lipinski definition) is 3. The Hall–Kier alpha value is -1.21. The van der Waals surface area contributed by atoms with E-state index in [0.717, 1.165) is 0 Å². The predicted molar refractivity (Wildman–Crippen MR) is 54.5 cm³/mol. The van der Waals surface area contributed by atoms with Gasteiger partial charge in [0.05, 0.1) is 6.67 Å². The fourth-order valence-corrected chi connectivity index (χ4v) is 1.21. The van der Waals surface area contributed by atoms with Crippen LogP contribution in [0.2, 0.25) is 0 Å². The van der Waals surface area contributed by atoms with Crippen LogP contribution >= 0.6 is 0 Å². The molecule has 0 aliphatic heterocycles. The smallest absolute Gasteiger partial charge is 0.320 e. The molecule has 7 N–H and O–H groups in total. The van der Waals surface area contributed by atoms with Crippen molar-refractivity contribution in [2.24, 2.45) is 11.7 Å². The van der Waals surface area contributed by atoms with Crippen LogP contribution in [0.25, 0.3) is 0 Å². The Balaban J connectivity index is 0. The molecule has 0 aromatic rings. The summed E-state index contributed by atoms with van der Waals surface area (Å²) in [6, 6.07) is -1.07. The Morgan fingerprint density at radius 2 is 1.88 bits per heavy atom. The third-order valence-electron chi connectivity index (χ3n) is 2.16. The Kier molecular flexibility index (Phi) is 9.72. The van der Waals surface area contributed by atoms with Gasteiger partial charge in [-0.25, -0.2) is 0 Å². The summed E-state index contributed by atoms with van der Waals surface area (Å²) in [4.78, 5) is 20.9. The van der Waals surface area contributed by atoms with Gasteiger partial charge in [0, 0.05) is 5.97 Å². The molecule has 0 saturated carbocycles. The number of carboxylic acid groups (broad SMARTS) is 2. The highest BCUT2D eigenvalue weighted by molar-refractivity contribution is 5.73. The number of nitrogens with two attached hydrogens (primary N) is 1. The fraction of sp³-hybridized carbons (Fsp3) is 0.778. The van der Waals surface area contributed by atoms with Gasteiger partial charge in [-0.3, -0.25) is 9.18 Å². The lowest BCUT2D eigenvalue weighted by Gasteiger charge is -2.18. The van der Waals surface area contributed by atoms with Gasteiger partial charge in [0.2, 0.25) is 0 Å². The molecular weight excluding hydrogens is 219 g/mol. The molecule has 7 heteroatoms. The minimum atomic E-state index is -1.28. The van der Waals surface area contributed by atoms with Gasteiger partial charge in [-0.15, -0.1) is 0 Å². The number of halogens is 1. The first-order valence-electron chi connectivity index (χ1n) is 4.74. The summed E-state index contributed by atoms with van der Waals surface area (Å²) in [6.45, 7) is -0.589. The molecule has 1 unspecified atom stereocenters. The van der Waals surface area contributed by atoms with E-state index in [9.17, 15) is 19.1 Å². The minimum Gasteiger partial charge on any atom is -0.550 e. The third kappa shape index (κ3) is 7.13. The minimum absolute atomic E-state index is 0. The summed E-state index contributed by atoms with van der Waals surface area (Å²) in [5.41, 5.74) is 5.21. The first-order chi connectivity index (χ1) is 6.99. The molecule has 0 heterocycles. The maximum absolute atomic E-state index is 11.8. The van der Waals surface area contributed by atoms with Gasteiger partial charge >= 0.3 is 5.97 Å². The van der Waals surface area contributed by atoms with E-state index in [1.807, 2.05) is 0 Å². The first-order valence-corrected chi connectivity index (χ1v) is 4.74. The molecule has 2 atom stereocenters. The zero-order chi connectivity index (χ0) is 11.8. The summed E-state index contributed by atoms with van der Waals surface area (Å²) >= 11 is 0. The molecular formula is C9H19FN2O4. The largest absolute Gasteiger partial charge is 0.550 e. The second-order valence-electron chi connectivity index (χ2n) is 3.37. The monoisotopic (exact) mass is 238 g/mol. The Bertz CT molecular complexity index is 226. The normalized spacial score (nSPS) is 13.6. The molecule has 0 aromatic heterocycles. The van der Waals surface area contributed by atoms with Crippen molar-refractivity contribution in [3.05, 3.63) is 0 Å². The van der Waals surface area contributed by atoms with Crippen molar-refractivity contribution in [1.82, 2.24) is 6.15 Å². The van der Waals surface area contributed by atoms with Gasteiger partial charge in [-0.1, -0.05) is 0 Å². The maximum Gasteiger partial charge on any atom is 0.320 e. The molecule has 0 bridgehead atoms. The van der Waals surface area contributed by atoms with Crippen LogP contribution < -0.4 is 17.0 Å². The average molecular weight is 238 g/mol. The zero-order valence-electron chi connectivity index (χ0n) is 9.32. The van der Waals surface area contributed by atoms with Gasteiger partial charge in [0.15, 0.2) is 0 Å². The quantitative estimate of drug-likeness (QED) is 0.531. The van der Waals surface area contributed by atoms with E-state index in [0.29, 0.717) is 0 Å². The molecule has 0 spiro atoms. The third-order valence-corrected chi connectivity index (χ3v) is 2.16. The summed E-state index contributed by atoms with van der Waals surface area (Å²) in [5, 5.41) is 19.0. The molecule has 0 aromatic carbocycles. The van der Waals surface area contributed by atoms with E-state index < -0.39 is 30.6 Å². The lowest BCUT2D eigenvalue weighted by molar-refractivity contribution is -0.312. The highest BCUT2D eigenvalue weighted by Gasteiger charge is 2.16. The van der Waals surface area contributed by atoms with Gasteiger partial charge in [-0.2, -0.15) is 0 Å². The molecule has 0 radical (unpaired) electrons. The van der Waals surface area contributed by atoms with Crippen LogP contribution in [0.3, 0.4) is 0 Å². The van der Waals surface area contributed by atoms with Crippen LogP contribution in [0.1, 0.15) is 25.7 Å². The van der Waals surface area contributed by atoms with Crippen molar-refractivity contribution in [3.8, 4) is 0 Å². The lowest BCUT2D eigenvalue weighted by Crippen LogP contribution is -2.35. The lowest BCUT2D eigenvalue weighted by atomic mass is 9.96. The van der Waals surface area contributed by atoms with Crippen LogP contribution in [-0.4, -0.2) is 29.8 Å². The van der Waals surface area contributed by atoms with Crippen molar-refractivity contribution in [3.63, 3.8) is 0 Å². The van der Waals surface area contributed by atoms with Crippen molar-refractivity contribution in [1.29, 1.82) is 0 Å². The van der Waals surface area contributed by atoms with Crippen LogP contribution in [0.15, 0.2) is 0 Å². The number of carbonyl (C=O) groups is 2. The van der Waals surface area contributed by atoms with E-state index in [1.165, 1.54) is 0 Å². The summed E-state index contributed by atoms with van der Waals surface area (Å²) in [6.07, 6.45) is 0.461. The summed E-state index contributed by atoms with van der Waals surface area (Å²) in [5.74, 6) is -3.26. The molecule has 0 saturated heterocycles. The van der Waals surface area contributed by atoms with Crippen molar-refractivity contribution < 1.29 is 24.2 Å². The molecule has 0 fully saturated rings. The number of quaternary nitrogens is 1. The zero-order valence-corrected chi connectivity index (χ0v) is 9.32. The van der Waals surface area contributed by atoms with Crippen LogP contribution in [0.5, 0.6) is 0 Å². The Morgan fingerprint density at radius 3 is 2.25 bits per heavy atom. The molecule has 0 amide bonds. The number of carbonyl (C=O) groups excluding carboxylic acids is 1. The number of rotatable bonds is 8. The van der Waals surface area contributed by atoms with Gasteiger partial charge in [-0.05, 0) is 31.6 Å². The second kappa shape index (κ2) is 9.05. The highest BCUT2D eigenvalue weighted by Crippen LogP contribution is 2.14. The van der Waals surface area contributed by atoms with E-state index in [2.05, 4.69) is 0 Å². The van der Waals surface area contributed by atoms with Crippen LogP contribution in [-0.2, 0) is 9.59 Å². The number of aliphatic carboxylic acids is 2. The van der Waals surface area contributed by atoms with Crippen molar-refractivity contribution in [2.45, 2.75) is 31.7 Å². The topological polar surface area (TPSA) is 140 Å². The maximum atomic E-state index is 11.8. The van der Waals surface area contributed by atoms with Crippen LogP contribution in [0.4, 0.5) is 4.39 Å². The number of alkyl halides is 1. The van der Waals surface area contributed by atoms with Crippen molar-refractivity contribution >= 4 is 11.9 Å². The number of carboxylic acids is 2. The summed E-state index contributed by atoms with van der Waals surface area (Å²) < 4.78 is 11.8. The predicted octanol–water partition coefficient (Wildman–Crippen LogP) is -0.329. The Labute approximate surface area is 93.2 Å². The van der Waals surface area contributed by atoms with Crippen LogP contribution in [0, 0.1) is 5.92 Å². The first kappa shape index (κ1) is 17.2. The average Bonchev–Trinajstić information content (AvgIpc) is 2.16. The van der Waals surface area contributed by atoms with E-state index >= 15 is 0 Å². The second-order valence-corrected chi connectivity index (χ2v) is 3.37. The highest BCUT2D eigenvalue weighted by atomic mass is 19.1. The fourth-order valence-electron chi connectivity index (χ4n) is 1.21. The van der Waals surface area contributed by atoms with Gasteiger partial charge in [0.1, 0.15) is 6.04 Å². The molecule has 96 valence electrons. The standard InChI is InChI=1S/C9H16FNO4.H3N/c10-5-1-2-6(8(12)13)3-4-7(11)9(14)15;/h6-7H,1-5,11H2,(H,12,13)(H,14,15);1H3/t6?,7-;/m0./s1. The van der Waals surface area contributed by atoms with E-state index in [1.54, 1.807) is 0 Å². The molecule has 0 rings (SSSR count). The molecule has 16 heavy (non-hydrogen) atoms. The molecule has 0 aliphatic carbocycles. The SMILES string of the molecule is N[C@@H](CCC(CCCF)C(=O)[O-])C(=O)O.[NH4+]. The summed E-state index contributed by atoms with van der Waals surface area (Å²) in [7, 11) is 0. The van der Waals surface area contributed by atoms with Gasteiger partial charge in [0.25, 0.3) is 0 Å². The number of hydrogen-bond acceptors (Lipinski definition) is 4. The van der Waals surface area contributed by atoms with E-state index in [-0.39, 0.29) is 31.8 Å².